The Morgan fingerprint density at radius 3 is 2.53 bits per heavy atom. The highest BCUT2D eigenvalue weighted by molar-refractivity contribution is 5.95. The van der Waals surface area contributed by atoms with Crippen LogP contribution in [0.25, 0.3) is 5.69 Å². The number of rotatable bonds is 5. The van der Waals surface area contributed by atoms with Crippen LogP contribution in [0.4, 0.5) is 19.0 Å². The second kappa shape index (κ2) is 9.46. The minimum Gasteiger partial charge on any atom is -0.372 e. The maximum absolute atomic E-state index is 13.0. The first kappa shape index (κ1) is 23.7. The SMILES string of the molecule is Cc1c(C(=O)NCc2ccc(N3CC(C)OC(C)C3)nc2)cnn1-c1cccc(C(F)(F)F)c1. The van der Waals surface area contributed by atoms with Crippen LogP contribution >= 0.6 is 0 Å². The van der Waals surface area contributed by atoms with E-state index < -0.39 is 11.7 Å². The number of ether oxygens (including phenoxy) is 1. The molecule has 0 spiro atoms. The van der Waals surface area contributed by atoms with E-state index in [4.69, 9.17) is 4.74 Å². The van der Waals surface area contributed by atoms with E-state index in [-0.39, 0.29) is 30.3 Å². The van der Waals surface area contributed by atoms with Crippen LogP contribution in [0, 0.1) is 6.92 Å². The summed E-state index contributed by atoms with van der Waals surface area (Å²) in [6.45, 7) is 7.50. The van der Waals surface area contributed by atoms with E-state index >= 15 is 0 Å². The molecule has 0 radical (unpaired) electrons. The van der Waals surface area contributed by atoms with Crippen LogP contribution in [0.2, 0.25) is 0 Å². The molecule has 3 aromatic rings. The van der Waals surface area contributed by atoms with Gasteiger partial charge in [-0.25, -0.2) is 9.67 Å². The lowest BCUT2D eigenvalue weighted by atomic mass is 10.2. The molecule has 2 aromatic heterocycles. The number of amides is 1. The third-order valence-corrected chi connectivity index (χ3v) is 5.68. The largest absolute Gasteiger partial charge is 0.416 e. The maximum atomic E-state index is 13.0. The summed E-state index contributed by atoms with van der Waals surface area (Å²) in [5, 5.41) is 6.94. The maximum Gasteiger partial charge on any atom is 0.416 e. The molecule has 2 atom stereocenters. The van der Waals surface area contributed by atoms with Gasteiger partial charge in [0.05, 0.1) is 40.9 Å². The summed E-state index contributed by atoms with van der Waals surface area (Å²) in [6, 6.07) is 8.66. The summed E-state index contributed by atoms with van der Waals surface area (Å²) >= 11 is 0. The van der Waals surface area contributed by atoms with Gasteiger partial charge < -0.3 is 15.0 Å². The number of hydrogen-bond acceptors (Lipinski definition) is 5. The molecule has 1 aliphatic heterocycles. The number of carbonyl (C=O) groups excluding carboxylic acids is 1. The van der Waals surface area contributed by atoms with Crippen molar-refractivity contribution in [1.82, 2.24) is 20.1 Å². The number of nitrogens with one attached hydrogen (secondary N) is 1. The van der Waals surface area contributed by atoms with Gasteiger partial charge in [0.25, 0.3) is 5.91 Å². The van der Waals surface area contributed by atoms with Crippen LogP contribution in [-0.2, 0) is 17.5 Å². The second-order valence-corrected chi connectivity index (χ2v) is 8.47. The summed E-state index contributed by atoms with van der Waals surface area (Å²) in [5.74, 6) is 0.492. The number of hydrogen-bond donors (Lipinski definition) is 1. The van der Waals surface area contributed by atoms with Gasteiger partial charge in [-0.05, 0) is 50.6 Å². The predicted molar refractivity (Wildman–Crippen MR) is 121 cm³/mol. The minimum absolute atomic E-state index is 0.129. The fraction of sp³-hybridized carbons (Fsp3) is 0.375. The highest BCUT2D eigenvalue weighted by atomic mass is 19.4. The molecule has 180 valence electrons. The lowest BCUT2D eigenvalue weighted by molar-refractivity contribution is -0.137. The predicted octanol–water partition coefficient (Wildman–Crippen LogP) is 4.14. The summed E-state index contributed by atoms with van der Waals surface area (Å²) < 4.78 is 46.2. The van der Waals surface area contributed by atoms with Crippen LogP contribution in [-0.4, -0.2) is 46.0 Å². The summed E-state index contributed by atoms with van der Waals surface area (Å²) in [5.41, 5.74) is 1.02. The van der Waals surface area contributed by atoms with Gasteiger partial charge >= 0.3 is 6.18 Å². The number of halogens is 3. The Morgan fingerprint density at radius 2 is 1.88 bits per heavy atom. The average Bonchev–Trinajstić information content (AvgIpc) is 3.18. The zero-order chi connectivity index (χ0) is 24.5. The number of morpholine rings is 1. The minimum atomic E-state index is -4.46. The van der Waals surface area contributed by atoms with Crippen molar-refractivity contribution in [2.75, 3.05) is 18.0 Å². The molecular formula is C24H26F3N5O2. The molecule has 1 N–H and O–H groups in total. The van der Waals surface area contributed by atoms with Gasteiger partial charge in [-0.15, -0.1) is 0 Å². The molecule has 10 heteroatoms. The number of alkyl halides is 3. The van der Waals surface area contributed by atoms with Crippen LogP contribution in [0.3, 0.4) is 0 Å². The van der Waals surface area contributed by atoms with Crippen molar-refractivity contribution in [2.24, 2.45) is 0 Å². The highest BCUT2D eigenvalue weighted by Crippen LogP contribution is 2.30. The fourth-order valence-electron chi connectivity index (χ4n) is 4.06. The Hall–Kier alpha value is -3.40. The van der Waals surface area contributed by atoms with E-state index in [1.807, 2.05) is 26.0 Å². The van der Waals surface area contributed by atoms with Crippen LogP contribution in [0.5, 0.6) is 0 Å². The zero-order valence-corrected chi connectivity index (χ0v) is 19.1. The molecule has 1 aromatic carbocycles. The third-order valence-electron chi connectivity index (χ3n) is 5.68. The highest BCUT2D eigenvalue weighted by Gasteiger charge is 2.31. The molecule has 1 aliphatic rings. The topological polar surface area (TPSA) is 72.3 Å². The normalized spacial score (nSPS) is 18.7. The molecule has 7 nitrogen and oxygen atoms in total. The summed E-state index contributed by atoms with van der Waals surface area (Å²) in [4.78, 5) is 19.4. The first-order valence-corrected chi connectivity index (χ1v) is 11.0. The van der Waals surface area contributed by atoms with Gasteiger partial charge in [0.1, 0.15) is 5.82 Å². The molecule has 34 heavy (non-hydrogen) atoms. The molecule has 4 rings (SSSR count). The van der Waals surface area contributed by atoms with E-state index in [1.54, 1.807) is 13.1 Å². The van der Waals surface area contributed by atoms with E-state index in [2.05, 4.69) is 20.3 Å². The monoisotopic (exact) mass is 473 g/mol. The van der Waals surface area contributed by atoms with Crippen molar-refractivity contribution in [2.45, 2.75) is 45.7 Å². The Labute approximate surface area is 195 Å². The average molecular weight is 473 g/mol. The van der Waals surface area contributed by atoms with Crippen LogP contribution in [0.1, 0.15) is 41.0 Å². The van der Waals surface area contributed by atoms with Crippen molar-refractivity contribution in [3.63, 3.8) is 0 Å². The van der Waals surface area contributed by atoms with E-state index in [9.17, 15) is 18.0 Å². The van der Waals surface area contributed by atoms with Gasteiger partial charge in [-0.3, -0.25) is 4.79 Å². The Kier molecular flexibility index (Phi) is 6.60. The first-order valence-electron chi connectivity index (χ1n) is 11.0. The summed E-state index contributed by atoms with van der Waals surface area (Å²) in [7, 11) is 0. The van der Waals surface area contributed by atoms with Crippen molar-refractivity contribution in [3.05, 3.63) is 71.2 Å². The quantitative estimate of drug-likeness (QED) is 0.603. The van der Waals surface area contributed by atoms with Crippen molar-refractivity contribution >= 4 is 11.7 Å². The molecule has 0 saturated carbocycles. The van der Waals surface area contributed by atoms with Crippen molar-refractivity contribution < 1.29 is 22.7 Å². The molecule has 3 heterocycles. The lowest BCUT2D eigenvalue weighted by Crippen LogP contribution is -2.45. The van der Waals surface area contributed by atoms with Crippen molar-refractivity contribution in [3.8, 4) is 5.69 Å². The fourth-order valence-corrected chi connectivity index (χ4v) is 4.06. The zero-order valence-electron chi connectivity index (χ0n) is 19.1. The third kappa shape index (κ3) is 5.22. The Balaban J connectivity index is 1.41. The Morgan fingerprint density at radius 1 is 1.15 bits per heavy atom. The smallest absolute Gasteiger partial charge is 0.372 e. The molecule has 1 saturated heterocycles. The van der Waals surface area contributed by atoms with Gasteiger partial charge in [0.2, 0.25) is 0 Å². The molecule has 0 aliphatic carbocycles. The molecule has 0 bridgehead atoms. The molecular weight excluding hydrogens is 447 g/mol. The van der Waals surface area contributed by atoms with Gasteiger partial charge in [-0.1, -0.05) is 12.1 Å². The Bertz CT molecular complexity index is 1150. The number of nitrogens with zero attached hydrogens (tertiary/aromatic N) is 4. The molecule has 1 fully saturated rings. The number of carbonyl (C=O) groups is 1. The van der Waals surface area contributed by atoms with E-state index in [1.165, 1.54) is 23.0 Å². The number of aromatic nitrogens is 3. The second-order valence-electron chi connectivity index (χ2n) is 8.47. The number of pyridine rings is 1. The van der Waals surface area contributed by atoms with Gasteiger partial charge in [0, 0.05) is 25.8 Å². The number of benzene rings is 1. The standard InChI is InChI=1S/C24H26F3N5O2/c1-15-13-31(14-16(2)34-15)22-8-7-18(10-28-22)11-29-23(33)21-12-30-32(17(21)3)20-6-4-5-19(9-20)24(25,26)27/h4-10,12,15-16H,11,13-14H2,1-3H3,(H,29,33). The molecule has 2 unspecified atom stereocenters. The van der Waals surface area contributed by atoms with Crippen LogP contribution in [0.15, 0.2) is 48.8 Å². The van der Waals surface area contributed by atoms with Crippen LogP contribution < -0.4 is 10.2 Å². The van der Waals surface area contributed by atoms with E-state index in [0.29, 0.717) is 11.3 Å². The number of anilines is 1. The van der Waals surface area contributed by atoms with Gasteiger partial charge in [0.15, 0.2) is 0 Å². The van der Waals surface area contributed by atoms with Crippen molar-refractivity contribution in [1.29, 1.82) is 0 Å². The molecule has 1 amide bonds. The first-order chi connectivity index (χ1) is 16.1. The summed E-state index contributed by atoms with van der Waals surface area (Å²) in [6.07, 6.45) is -1.12. The lowest BCUT2D eigenvalue weighted by Gasteiger charge is -2.36. The van der Waals surface area contributed by atoms with E-state index in [0.717, 1.165) is 36.6 Å². The van der Waals surface area contributed by atoms with Gasteiger partial charge in [-0.2, -0.15) is 18.3 Å².